The zero-order valence-electron chi connectivity index (χ0n) is 24.9. The van der Waals surface area contributed by atoms with E-state index in [1.54, 1.807) is 21.4 Å². The van der Waals surface area contributed by atoms with Crippen molar-refractivity contribution in [1.82, 2.24) is 25.0 Å². The van der Waals surface area contributed by atoms with E-state index in [-0.39, 0.29) is 42.6 Å². The number of ketones is 1. The number of aromatic nitrogens is 1. The molecule has 11 nitrogen and oxygen atoms in total. The summed E-state index contributed by atoms with van der Waals surface area (Å²) in [7, 11) is 0. The number of Topliss-reactive ketones (excluding diaryl/α,β-unsaturated/α-hetero) is 1. The van der Waals surface area contributed by atoms with Gasteiger partial charge >= 0.3 is 0 Å². The number of hydrogen-bond donors (Lipinski definition) is 3. The molecule has 3 amide bonds. The van der Waals surface area contributed by atoms with Crippen LogP contribution in [0.5, 0.6) is 0 Å². The Hall–Kier alpha value is -3.80. The minimum atomic E-state index is -0.838. The second kappa shape index (κ2) is 15.6. The number of carbonyl (C=O) groups is 4. The van der Waals surface area contributed by atoms with E-state index in [4.69, 9.17) is 11.1 Å². The van der Waals surface area contributed by atoms with Crippen LogP contribution in [0.25, 0.3) is 0 Å². The van der Waals surface area contributed by atoms with Gasteiger partial charge in [0.05, 0.1) is 12.6 Å². The van der Waals surface area contributed by atoms with Crippen LogP contribution in [0.1, 0.15) is 67.2 Å². The fourth-order valence-electron chi connectivity index (χ4n) is 5.96. The number of thiazole rings is 1. The maximum Gasteiger partial charge on any atom is 0.245 e. The highest BCUT2D eigenvalue weighted by molar-refractivity contribution is 7.11. The van der Waals surface area contributed by atoms with E-state index in [0.29, 0.717) is 37.5 Å². The number of carbonyl (C=O) groups excluding carboxylic acids is 4. The van der Waals surface area contributed by atoms with Gasteiger partial charge in [-0.3, -0.25) is 24.6 Å². The average Bonchev–Trinajstić information content (AvgIpc) is 3.54. The SMILES string of the molecule is CCCC[C@H]1C(=O)N(CCCc2ccccc2)CC(=O)N1CC(=O)N[C@@H](C[C@@H]1CCCN(C(=N)N)C1)C(=O)c1nccs1. The monoisotopic (exact) mass is 609 g/mol. The van der Waals surface area contributed by atoms with E-state index in [9.17, 15) is 19.2 Å². The van der Waals surface area contributed by atoms with Crippen LogP contribution in [0.15, 0.2) is 41.9 Å². The Morgan fingerprint density at radius 2 is 2.00 bits per heavy atom. The summed E-state index contributed by atoms with van der Waals surface area (Å²) in [6.45, 7) is 3.38. The molecule has 43 heavy (non-hydrogen) atoms. The summed E-state index contributed by atoms with van der Waals surface area (Å²) in [6.07, 6.45) is 7.24. The van der Waals surface area contributed by atoms with Gasteiger partial charge in [0.1, 0.15) is 12.6 Å². The zero-order chi connectivity index (χ0) is 30.8. The Kier molecular flexibility index (Phi) is 11.7. The first kappa shape index (κ1) is 32.1. The van der Waals surface area contributed by atoms with Crippen molar-refractivity contribution in [3.05, 3.63) is 52.5 Å². The molecule has 0 aliphatic carbocycles. The maximum absolute atomic E-state index is 13.6. The molecule has 3 atom stereocenters. The number of piperazine rings is 1. The van der Waals surface area contributed by atoms with Crippen molar-refractivity contribution < 1.29 is 19.2 Å². The van der Waals surface area contributed by atoms with Gasteiger partial charge in [0.2, 0.25) is 23.5 Å². The number of nitrogens with one attached hydrogen (secondary N) is 2. The van der Waals surface area contributed by atoms with Crippen molar-refractivity contribution in [2.45, 2.75) is 70.4 Å². The third kappa shape index (κ3) is 8.85. The minimum absolute atomic E-state index is 0.00274. The standard InChI is InChI=1S/C31H43N7O4S/c1-2-3-13-25-30(42)36(15-7-11-22-9-5-4-6-10-22)21-27(40)38(25)20-26(39)35-24(28(41)29-34-14-17-43-29)18-23-12-8-16-37(19-23)31(32)33/h4-6,9-10,14,17,23-25H,2-3,7-8,11-13,15-16,18-21H2,1H3,(H3,32,33)(H,35,39)/t23-,24-,25-/m0/s1. The Balaban J connectivity index is 1.42. The third-order valence-electron chi connectivity index (χ3n) is 8.22. The molecule has 1 aromatic carbocycles. The van der Waals surface area contributed by atoms with Crippen molar-refractivity contribution in [3.63, 3.8) is 0 Å². The lowest BCUT2D eigenvalue weighted by Gasteiger charge is -2.40. The number of likely N-dealkylation sites (tertiary alicyclic amines) is 1. The van der Waals surface area contributed by atoms with Crippen molar-refractivity contribution in [2.24, 2.45) is 11.7 Å². The van der Waals surface area contributed by atoms with Crippen LogP contribution >= 0.6 is 11.3 Å². The lowest BCUT2D eigenvalue weighted by Crippen LogP contribution is -2.62. The second-order valence-corrected chi connectivity index (χ2v) is 12.3. The van der Waals surface area contributed by atoms with Crippen molar-refractivity contribution in [1.29, 1.82) is 5.41 Å². The summed E-state index contributed by atoms with van der Waals surface area (Å²) in [5.74, 6) is -1.10. The topological polar surface area (TPSA) is 153 Å². The molecular weight excluding hydrogens is 566 g/mol. The number of nitrogens with two attached hydrogens (primary N) is 1. The van der Waals surface area contributed by atoms with Gasteiger partial charge < -0.3 is 25.8 Å². The van der Waals surface area contributed by atoms with E-state index in [2.05, 4.69) is 10.3 Å². The number of guanidine groups is 1. The number of unbranched alkanes of at least 4 members (excludes halogenated alkanes) is 1. The summed E-state index contributed by atoms with van der Waals surface area (Å²) in [5, 5.41) is 12.7. The van der Waals surface area contributed by atoms with Crippen molar-refractivity contribution >= 4 is 40.8 Å². The second-order valence-electron chi connectivity index (χ2n) is 11.4. The van der Waals surface area contributed by atoms with Gasteiger partial charge in [0.25, 0.3) is 0 Å². The molecule has 0 radical (unpaired) electrons. The predicted molar refractivity (Wildman–Crippen MR) is 166 cm³/mol. The Labute approximate surface area is 257 Å². The number of amides is 3. The molecule has 2 aliphatic rings. The molecule has 0 unspecified atom stereocenters. The molecule has 3 heterocycles. The number of rotatable bonds is 14. The van der Waals surface area contributed by atoms with Crippen LogP contribution in [0.2, 0.25) is 0 Å². The van der Waals surface area contributed by atoms with Crippen LogP contribution in [0, 0.1) is 11.3 Å². The highest BCUT2D eigenvalue weighted by atomic mass is 32.1. The molecule has 0 saturated carbocycles. The summed E-state index contributed by atoms with van der Waals surface area (Å²) in [4.78, 5) is 62.7. The quantitative estimate of drug-likeness (QED) is 0.169. The Morgan fingerprint density at radius 3 is 2.70 bits per heavy atom. The lowest BCUT2D eigenvalue weighted by molar-refractivity contribution is -0.157. The van der Waals surface area contributed by atoms with Crippen molar-refractivity contribution in [3.8, 4) is 0 Å². The van der Waals surface area contributed by atoms with E-state index < -0.39 is 18.0 Å². The number of aryl methyl sites for hydroxylation is 1. The lowest BCUT2D eigenvalue weighted by atomic mass is 9.90. The van der Waals surface area contributed by atoms with E-state index in [1.807, 2.05) is 37.3 Å². The minimum Gasteiger partial charge on any atom is -0.370 e. The van der Waals surface area contributed by atoms with E-state index >= 15 is 0 Å². The molecular formula is C31H43N7O4S. The maximum atomic E-state index is 13.6. The molecule has 0 spiro atoms. The first-order valence-electron chi connectivity index (χ1n) is 15.2. The molecule has 4 N–H and O–H groups in total. The zero-order valence-corrected chi connectivity index (χ0v) is 25.7. The highest BCUT2D eigenvalue weighted by Crippen LogP contribution is 2.24. The van der Waals surface area contributed by atoms with Gasteiger partial charge in [-0.2, -0.15) is 0 Å². The molecule has 2 aromatic rings. The summed E-state index contributed by atoms with van der Waals surface area (Å²) < 4.78 is 0. The molecule has 4 rings (SSSR count). The van der Waals surface area contributed by atoms with Crippen LogP contribution in [0.4, 0.5) is 0 Å². The smallest absolute Gasteiger partial charge is 0.245 e. The van der Waals surface area contributed by atoms with Crippen LogP contribution in [-0.2, 0) is 20.8 Å². The third-order valence-corrected chi connectivity index (χ3v) is 9.01. The molecule has 2 saturated heterocycles. The van der Waals surface area contributed by atoms with E-state index in [0.717, 1.165) is 38.5 Å². The number of piperidine rings is 1. The van der Waals surface area contributed by atoms with Gasteiger partial charge in [-0.15, -0.1) is 11.3 Å². The first-order valence-corrected chi connectivity index (χ1v) is 16.1. The van der Waals surface area contributed by atoms with Gasteiger partial charge in [-0.25, -0.2) is 4.98 Å². The first-order chi connectivity index (χ1) is 20.8. The summed E-state index contributed by atoms with van der Waals surface area (Å²) in [6, 6.07) is 8.49. The molecule has 12 heteroatoms. The number of nitrogens with zero attached hydrogens (tertiary/aromatic N) is 4. The number of benzene rings is 1. The summed E-state index contributed by atoms with van der Waals surface area (Å²) in [5.41, 5.74) is 6.90. The van der Waals surface area contributed by atoms with E-state index in [1.165, 1.54) is 21.8 Å². The molecule has 2 fully saturated rings. The Bertz CT molecular complexity index is 1260. The largest absolute Gasteiger partial charge is 0.370 e. The number of hydrogen-bond acceptors (Lipinski definition) is 7. The molecule has 232 valence electrons. The molecule has 2 aliphatic heterocycles. The fraction of sp³-hybridized carbons (Fsp3) is 0.548. The molecule has 1 aromatic heterocycles. The highest BCUT2D eigenvalue weighted by Gasteiger charge is 2.40. The van der Waals surface area contributed by atoms with Gasteiger partial charge in [0, 0.05) is 31.2 Å². The summed E-state index contributed by atoms with van der Waals surface area (Å²) >= 11 is 1.21. The van der Waals surface area contributed by atoms with Crippen LogP contribution in [-0.4, -0.2) is 94.0 Å². The van der Waals surface area contributed by atoms with Gasteiger partial charge in [-0.1, -0.05) is 50.1 Å². The fourth-order valence-corrected chi connectivity index (χ4v) is 6.59. The van der Waals surface area contributed by atoms with Gasteiger partial charge in [-0.05, 0) is 50.0 Å². The normalized spacial score (nSPS) is 19.8. The van der Waals surface area contributed by atoms with Crippen molar-refractivity contribution in [2.75, 3.05) is 32.7 Å². The predicted octanol–water partition coefficient (Wildman–Crippen LogP) is 2.67. The van der Waals surface area contributed by atoms with Gasteiger partial charge in [0.15, 0.2) is 11.0 Å². The van der Waals surface area contributed by atoms with Crippen LogP contribution in [0.3, 0.4) is 0 Å². The molecule has 0 bridgehead atoms. The average molecular weight is 610 g/mol. The Morgan fingerprint density at radius 1 is 1.21 bits per heavy atom. The van der Waals surface area contributed by atoms with Crippen LogP contribution < -0.4 is 11.1 Å².